The van der Waals surface area contributed by atoms with Crippen molar-refractivity contribution in [3.8, 4) is 0 Å². The summed E-state index contributed by atoms with van der Waals surface area (Å²) in [4.78, 5) is 23.2. The zero-order valence-corrected chi connectivity index (χ0v) is 33.3. The maximum Gasteiger partial charge on any atom is 0.472 e. The summed E-state index contributed by atoms with van der Waals surface area (Å²) in [6.45, 7) is 3.78. The fraction of sp³-hybridized carbons (Fsp3) is 0.923. The van der Waals surface area contributed by atoms with E-state index in [-0.39, 0.29) is 12.3 Å². The number of aliphatic hydroxyl groups is 6. The van der Waals surface area contributed by atoms with Crippen LogP contribution in [0.4, 0.5) is 0 Å². The molecule has 52 heavy (non-hydrogen) atoms. The first kappa shape index (κ1) is 49.1. The molecule has 1 aliphatic rings. The lowest BCUT2D eigenvalue weighted by Gasteiger charge is -2.41. The van der Waals surface area contributed by atoms with Gasteiger partial charge in [-0.2, -0.15) is 0 Å². The van der Waals surface area contributed by atoms with Gasteiger partial charge in [-0.1, -0.05) is 161 Å². The Morgan fingerprint density at radius 1 is 0.635 bits per heavy atom. The van der Waals surface area contributed by atoms with E-state index in [2.05, 4.69) is 19.2 Å². The van der Waals surface area contributed by atoms with E-state index in [0.717, 1.165) is 44.9 Å². The van der Waals surface area contributed by atoms with E-state index in [4.69, 9.17) is 9.05 Å². The molecule has 0 saturated heterocycles. The Hall–Kier alpha value is -0.920. The van der Waals surface area contributed by atoms with E-state index in [0.29, 0.717) is 6.42 Å². The van der Waals surface area contributed by atoms with Gasteiger partial charge in [0, 0.05) is 6.42 Å². The van der Waals surface area contributed by atoms with Crippen molar-refractivity contribution in [1.82, 2.24) is 5.32 Å². The third-order valence-electron chi connectivity index (χ3n) is 10.1. The molecule has 0 aromatic rings. The lowest BCUT2D eigenvalue weighted by Crippen LogP contribution is -2.64. The molecule has 0 heterocycles. The van der Waals surface area contributed by atoms with Gasteiger partial charge in [0.15, 0.2) is 0 Å². The lowest BCUT2D eigenvalue weighted by molar-refractivity contribution is -0.220. The third kappa shape index (κ3) is 22.5. The Morgan fingerprint density at radius 3 is 1.46 bits per heavy atom. The van der Waals surface area contributed by atoms with Gasteiger partial charge in [0.1, 0.15) is 36.6 Å². The number of carbonyl (C=O) groups excluding carboxylic acids is 1. The molecule has 1 rings (SSSR count). The van der Waals surface area contributed by atoms with Crippen LogP contribution in [0.2, 0.25) is 0 Å². The van der Waals surface area contributed by atoms with Crippen LogP contribution in [-0.4, -0.2) is 96.8 Å². The van der Waals surface area contributed by atoms with Crippen molar-refractivity contribution >= 4 is 13.7 Å². The minimum Gasteiger partial charge on any atom is -0.387 e. The highest BCUT2D eigenvalue weighted by atomic mass is 31.2. The number of phosphoric acid groups is 1. The number of allylic oxidation sites excluding steroid dienone is 1. The molecular weight excluding hydrogens is 689 g/mol. The van der Waals surface area contributed by atoms with Crippen molar-refractivity contribution in [3.05, 3.63) is 12.2 Å². The van der Waals surface area contributed by atoms with Crippen LogP contribution in [0, 0.1) is 0 Å². The fourth-order valence-corrected chi connectivity index (χ4v) is 7.57. The minimum absolute atomic E-state index is 0.218. The van der Waals surface area contributed by atoms with Crippen molar-refractivity contribution in [1.29, 1.82) is 0 Å². The van der Waals surface area contributed by atoms with Gasteiger partial charge in [-0.15, -0.1) is 0 Å². The predicted molar refractivity (Wildman–Crippen MR) is 205 cm³/mol. The van der Waals surface area contributed by atoms with Crippen LogP contribution in [-0.2, 0) is 18.4 Å². The first-order chi connectivity index (χ1) is 24.9. The molecular formula is C39H76NO11P. The van der Waals surface area contributed by atoms with Gasteiger partial charge in [0.05, 0.1) is 18.8 Å². The zero-order chi connectivity index (χ0) is 38.6. The molecule has 0 spiro atoms. The maximum absolute atomic E-state index is 12.8. The number of rotatable bonds is 33. The Balaban J connectivity index is 2.51. The molecule has 0 radical (unpaired) electrons. The van der Waals surface area contributed by atoms with Crippen LogP contribution >= 0.6 is 7.82 Å². The summed E-state index contributed by atoms with van der Waals surface area (Å²) in [6, 6.07) is -1.11. The summed E-state index contributed by atoms with van der Waals surface area (Å²) in [5, 5.41) is 63.6. The molecule has 0 aromatic carbocycles. The van der Waals surface area contributed by atoms with E-state index < -0.39 is 63.2 Å². The number of amides is 1. The van der Waals surface area contributed by atoms with Crippen molar-refractivity contribution < 1.29 is 53.9 Å². The van der Waals surface area contributed by atoms with Gasteiger partial charge in [0.2, 0.25) is 5.91 Å². The quantitative estimate of drug-likeness (QED) is 0.0206. The maximum atomic E-state index is 12.8. The monoisotopic (exact) mass is 766 g/mol. The molecule has 0 aromatic heterocycles. The molecule has 1 saturated carbocycles. The Morgan fingerprint density at radius 2 is 1.02 bits per heavy atom. The summed E-state index contributed by atoms with van der Waals surface area (Å²) >= 11 is 0. The van der Waals surface area contributed by atoms with E-state index >= 15 is 0 Å². The number of aliphatic hydroxyl groups excluding tert-OH is 6. The SMILES string of the molecule is CCCCCCCCC/C=C/[C@@H](O)[C@H](COP(=O)(O)OC1C(O)C(O)C(O)[C@@H](O)C1O)NC(=O)CCCCCCCCCCCCCCCCCC. The first-order valence-electron chi connectivity index (χ1n) is 20.6. The molecule has 308 valence electrons. The van der Waals surface area contributed by atoms with Gasteiger partial charge >= 0.3 is 7.82 Å². The number of carbonyl (C=O) groups is 1. The van der Waals surface area contributed by atoms with Crippen molar-refractivity contribution in [2.24, 2.45) is 0 Å². The first-order valence-corrected chi connectivity index (χ1v) is 22.1. The number of hydrogen-bond acceptors (Lipinski definition) is 10. The normalized spacial score (nSPS) is 24.6. The van der Waals surface area contributed by atoms with E-state index in [9.17, 15) is 44.9 Å². The Kier molecular flexibility index (Phi) is 28.6. The van der Waals surface area contributed by atoms with Crippen LogP contribution < -0.4 is 5.32 Å². The highest BCUT2D eigenvalue weighted by Crippen LogP contribution is 2.47. The second-order valence-corrected chi connectivity index (χ2v) is 16.2. The molecule has 12 nitrogen and oxygen atoms in total. The van der Waals surface area contributed by atoms with Crippen LogP contribution in [0.25, 0.3) is 0 Å². The summed E-state index contributed by atoms with van der Waals surface area (Å²) in [5.41, 5.74) is 0. The lowest BCUT2D eigenvalue weighted by atomic mass is 9.85. The highest BCUT2D eigenvalue weighted by Gasteiger charge is 2.51. The molecule has 1 fully saturated rings. The highest BCUT2D eigenvalue weighted by molar-refractivity contribution is 7.47. The molecule has 13 heteroatoms. The van der Waals surface area contributed by atoms with Crippen LogP contribution in [0.5, 0.6) is 0 Å². The largest absolute Gasteiger partial charge is 0.472 e. The van der Waals surface area contributed by atoms with Crippen LogP contribution in [0.15, 0.2) is 12.2 Å². The minimum atomic E-state index is -5.06. The second-order valence-electron chi connectivity index (χ2n) is 14.8. The fourth-order valence-electron chi connectivity index (χ4n) is 6.61. The third-order valence-corrected chi connectivity index (χ3v) is 11.1. The molecule has 1 aliphatic carbocycles. The van der Waals surface area contributed by atoms with E-state index in [1.165, 1.54) is 109 Å². The average Bonchev–Trinajstić information content (AvgIpc) is 3.12. The summed E-state index contributed by atoms with van der Waals surface area (Å²) in [6.07, 6.45) is 18.8. The number of hydrogen-bond donors (Lipinski definition) is 8. The van der Waals surface area contributed by atoms with Crippen molar-refractivity contribution in [2.75, 3.05) is 6.61 Å². The molecule has 0 aliphatic heterocycles. The van der Waals surface area contributed by atoms with E-state index in [1.807, 2.05) is 6.08 Å². The van der Waals surface area contributed by atoms with Gasteiger partial charge in [-0.3, -0.25) is 13.8 Å². The van der Waals surface area contributed by atoms with Gasteiger partial charge in [-0.25, -0.2) is 4.57 Å². The smallest absolute Gasteiger partial charge is 0.387 e. The van der Waals surface area contributed by atoms with Crippen LogP contribution in [0.1, 0.15) is 174 Å². The predicted octanol–water partition coefficient (Wildman–Crippen LogP) is 6.50. The number of phosphoric ester groups is 1. The van der Waals surface area contributed by atoms with Crippen LogP contribution in [0.3, 0.4) is 0 Å². The number of nitrogens with one attached hydrogen (secondary N) is 1. The standard InChI is InChI=1S/C39H76NO11P/c1-3-5-7-9-11-13-14-15-16-17-18-19-21-23-25-27-29-33(42)40-31(32(41)28-26-24-22-20-12-10-8-6-4-2)30-50-52(48,49)51-39-37(46)35(44)34(43)36(45)38(39)47/h26,28,31-32,34-39,41,43-47H,3-25,27,29-30H2,1-2H3,(H,40,42)(H,48,49)/b28-26+/t31-,32+,34?,35+,36?,37?,38?,39?/m0/s1. The zero-order valence-electron chi connectivity index (χ0n) is 32.4. The van der Waals surface area contributed by atoms with Gasteiger partial charge < -0.3 is 40.8 Å². The molecule has 0 bridgehead atoms. The molecule has 8 N–H and O–H groups in total. The second kappa shape index (κ2) is 30.3. The summed E-state index contributed by atoms with van der Waals surface area (Å²) in [5.74, 6) is -0.342. The summed E-state index contributed by atoms with van der Waals surface area (Å²) < 4.78 is 22.8. The average molecular weight is 766 g/mol. The Bertz CT molecular complexity index is 941. The van der Waals surface area contributed by atoms with Crippen molar-refractivity contribution in [3.63, 3.8) is 0 Å². The molecule has 1 amide bonds. The molecule has 6 unspecified atom stereocenters. The Labute approximate surface area is 314 Å². The van der Waals surface area contributed by atoms with Gasteiger partial charge in [0.25, 0.3) is 0 Å². The number of unbranched alkanes of at least 4 members (excludes halogenated alkanes) is 22. The summed E-state index contributed by atoms with van der Waals surface area (Å²) in [7, 11) is -5.06. The van der Waals surface area contributed by atoms with Crippen molar-refractivity contribution in [2.45, 2.75) is 223 Å². The molecule has 9 atom stereocenters. The topological polar surface area (TPSA) is 206 Å². The van der Waals surface area contributed by atoms with E-state index in [1.54, 1.807) is 0 Å². The van der Waals surface area contributed by atoms with Gasteiger partial charge in [-0.05, 0) is 19.3 Å².